The second kappa shape index (κ2) is 9.05. The molecule has 5 rings (SSSR count). The number of ether oxygens (including phenoxy) is 1. The molecular weight excluding hydrogens is 433 g/mol. The average molecular weight is 458 g/mol. The SMILES string of the molecule is O=C(c1ncc(CO)s1)C1CCCN(c2ncnc3cc(N4CCOCC4)c(F)cc23)C1. The van der Waals surface area contributed by atoms with Gasteiger partial charge in [0.15, 0.2) is 10.8 Å². The average Bonchev–Trinajstić information content (AvgIpc) is 3.33. The highest BCUT2D eigenvalue weighted by Gasteiger charge is 2.30. The molecule has 0 amide bonds. The molecule has 0 bridgehead atoms. The molecule has 1 atom stereocenters. The number of aromatic nitrogens is 3. The van der Waals surface area contributed by atoms with E-state index in [9.17, 15) is 9.90 Å². The Morgan fingerprint density at radius 2 is 2.03 bits per heavy atom. The van der Waals surface area contributed by atoms with E-state index in [1.807, 2.05) is 9.80 Å². The first-order chi connectivity index (χ1) is 15.6. The summed E-state index contributed by atoms with van der Waals surface area (Å²) in [5, 5.41) is 10.3. The number of anilines is 2. The third-order valence-corrected chi connectivity index (χ3v) is 7.04. The minimum Gasteiger partial charge on any atom is -0.391 e. The first kappa shape index (κ1) is 21.2. The van der Waals surface area contributed by atoms with E-state index in [0.717, 1.165) is 19.4 Å². The summed E-state index contributed by atoms with van der Waals surface area (Å²) in [5.74, 6) is 0.108. The number of hydrogen-bond donors (Lipinski definition) is 1. The summed E-state index contributed by atoms with van der Waals surface area (Å²) >= 11 is 1.23. The normalized spacial score (nSPS) is 19.5. The van der Waals surface area contributed by atoms with Gasteiger partial charge in [0.2, 0.25) is 0 Å². The molecule has 0 radical (unpaired) electrons. The van der Waals surface area contributed by atoms with Crippen LogP contribution in [0.3, 0.4) is 0 Å². The predicted molar refractivity (Wildman–Crippen MR) is 120 cm³/mol. The van der Waals surface area contributed by atoms with Crippen LogP contribution >= 0.6 is 11.3 Å². The zero-order valence-electron chi connectivity index (χ0n) is 17.5. The topological polar surface area (TPSA) is 91.7 Å². The molecule has 2 saturated heterocycles. The molecule has 1 aromatic carbocycles. The van der Waals surface area contributed by atoms with E-state index in [1.165, 1.54) is 23.7 Å². The van der Waals surface area contributed by atoms with Gasteiger partial charge in [0.1, 0.15) is 18.0 Å². The molecule has 0 spiro atoms. The summed E-state index contributed by atoms with van der Waals surface area (Å²) in [6.07, 6.45) is 4.64. The van der Waals surface area contributed by atoms with Crippen molar-refractivity contribution in [2.45, 2.75) is 19.4 Å². The lowest BCUT2D eigenvalue weighted by atomic mass is 9.93. The van der Waals surface area contributed by atoms with Crippen molar-refractivity contribution in [3.63, 3.8) is 0 Å². The second-order valence-electron chi connectivity index (χ2n) is 8.06. The zero-order valence-corrected chi connectivity index (χ0v) is 18.4. The summed E-state index contributed by atoms with van der Waals surface area (Å²) in [6.45, 7) is 3.56. The summed E-state index contributed by atoms with van der Waals surface area (Å²) in [5.41, 5.74) is 1.21. The Kier molecular flexibility index (Phi) is 5.99. The number of nitrogens with zero attached hydrogens (tertiary/aromatic N) is 5. The highest BCUT2D eigenvalue weighted by Crippen LogP contribution is 2.33. The molecule has 2 aromatic heterocycles. The van der Waals surface area contributed by atoms with Gasteiger partial charge < -0.3 is 19.6 Å². The molecule has 8 nitrogen and oxygen atoms in total. The Morgan fingerprint density at radius 3 is 2.81 bits per heavy atom. The number of halogens is 1. The van der Waals surface area contributed by atoms with Crippen LogP contribution < -0.4 is 9.80 Å². The monoisotopic (exact) mass is 457 g/mol. The summed E-state index contributed by atoms with van der Waals surface area (Å²) in [4.78, 5) is 30.7. The maximum absolute atomic E-state index is 15.1. The van der Waals surface area contributed by atoms with Crippen LogP contribution in [0.15, 0.2) is 24.7 Å². The van der Waals surface area contributed by atoms with Gasteiger partial charge in [-0.1, -0.05) is 0 Å². The van der Waals surface area contributed by atoms with Crippen LogP contribution in [0.5, 0.6) is 0 Å². The van der Waals surface area contributed by atoms with Gasteiger partial charge in [0.05, 0.1) is 35.9 Å². The minimum atomic E-state index is -0.306. The number of aliphatic hydroxyl groups excluding tert-OH is 1. The minimum absolute atomic E-state index is 0.0152. The standard InChI is InChI=1S/C22H24FN5O3S/c23-17-8-16-18(9-19(17)27-4-6-31-7-5-27)25-13-26-21(16)28-3-1-2-14(11-28)20(30)22-24-10-15(12-29)32-22/h8-10,13-14,29H,1-7,11-12H2. The van der Waals surface area contributed by atoms with E-state index in [-0.39, 0.29) is 24.1 Å². The highest BCUT2D eigenvalue weighted by molar-refractivity contribution is 7.13. The fraction of sp³-hybridized carbons (Fsp3) is 0.455. The Balaban J connectivity index is 1.42. The molecule has 10 heteroatoms. The third-order valence-electron chi connectivity index (χ3n) is 6.05. The fourth-order valence-corrected chi connectivity index (χ4v) is 5.19. The lowest BCUT2D eigenvalue weighted by Crippen LogP contribution is -2.39. The van der Waals surface area contributed by atoms with E-state index in [2.05, 4.69) is 15.0 Å². The maximum Gasteiger partial charge on any atom is 0.196 e. The predicted octanol–water partition coefficient (Wildman–Crippen LogP) is 2.65. The number of hydrogen-bond acceptors (Lipinski definition) is 9. The fourth-order valence-electron chi connectivity index (χ4n) is 4.40. The van der Waals surface area contributed by atoms with Gasteiger partial charge in [-0.15, -0.1) is 11.3 Å². The van der Waals surface area contributed by atoms with Crippen molar-refractivity contribution in [3.8, 4) is 0 Å². The molecule has 0 aliphatic carbocycles. The van der Waals surface area contributed by atoms with E-state index in [1.54, 1.807) is 12.3 Å². The van der Waals surface area contributed by atoms with Crippen LogP contribution in [0.2, 0.25) is 0 Å². The second-order valence-corrected chi connectivity index (χ2v) is 9.17. The van der Waals surface area contributed by atoms with Crippen LogP contribution in [-0.2, 0) is 11.3 Å². The van der Waals surface area contributed by atoms with Gasteiger partial charge in [0, 0.05) is 43.7 Å². The molecule has 32 heavy (non-hydrogen) atoms. The molecule has 0 saturated carbocycles. The Hall–Kier alpha value is -2.69. The van der Waals surface area contributed by atoms with Crippen LogP contribution in [0, 0.1) is 11.7 Å². The van der Waals surface area contributed by atoms with Gasteiger partial charge in [-0.25, -0.2) is 19.3 Å². The van der Waals surface area contributed by atoms with Crippen molar-refractivity contribution in [1.29, 1.82) is 0 Å². The largest absolute Gasteiger partial charge is 0.391 e. The van der Waals surface area contributed by atoms with Crippen molar-refractivity contribution in [2.75, 3.05) is 49.2 Å². The van der Waals surface area contributed by atoms with Crippen molar-refractivity contribution < 1.29 is 19.0 Å². The summed E-state index contributed by atoms with van der Waals surface area (Å²) < 4.78 is 20.5. The number of ketones is 1. The zero-order chi connectivity index (χ0) is 22.1. The molecule has 2 aliphatic rings. The van der Waals surface area contributed by atoms with Crippen molar-refractivity contribution in [3.05, 3.63) is 40.4 Å². The summed E-state index contributed by atoms with van der Waals surface area (Å²) in [7, 11) is 0. The molecule has 4 heterocycles. The van der Waals surface area contributed by atoms with E-state index in [4.69, 9.17) is 4.74 Å². The third kappa shape index (κ3) is 4.05. The molecule has 1 unspecified atom stereocenters. The first-order valence-corrected chi connectivity index (χ1v) is 11.6. The number of thiazole rings is 1. The van der Waals surface area contributed by atoms with Crippen LogP contribution in [0.4, 0.5) is 15.9 Å². The molecule has 2 aliphatic heterocycles. The van der Waals surface area contributed by atoms with Crippen molar-refractivity contribution >= 4 is 39.5 Å². The van der Waals surface area contributed by atoms with Gasteiger partial charge in [-0.3, -0.25) is 4.79 Å². The number of benzene rings is 1. The Labute approximate surface area is 188 Å². The molecule has 1 N–H and O–H groups in total. The van der Waals surface area contributed by atoms with Gasteiger partial charge in [-0.2, -0.15) is 0 Å². The Morgan fingerprint density at radius 1 is 1.19 bits per heavy atom. The molecule has 168 valence electrons. The van der Waals surface area contributed by atoms with Crippen LogP contribution in [-0.4, -0.2) is 65.2 Å². The molecule has 3 aromatic rings. The lowest BCUT2D eigenvalue weighted by molar-refractivity contribution is 0.0906. The van der Waals surface area contributed by atoms with Gasteiger partial charge in [-0.05, 0) is 25.0 Å². The number of rotatable bonds is 5. The van der Waals surface area contributed by atoms with Gasteiger partial charge >= 0.3 is 0 Å². The quantitative estimate of drug-likeness (QED) is 0.585. The van der Waals surface area contributed by atoms with Crippen LogP contribution in [0.25, 0.3) is 10.9 Å². The smallest absolute Gasteiger partial charge is 0.196 e. The number of Topliss-reactive ketones (excluding diaryl/α,β-unsaturated/α-hetero) is 1. The number of aliphatic hydroxyl groups is 1. The first-order valence-electron chi connectivity index (χ1n) is 10.8. The number of carbonyl (C=O) groups excluding carboxylic acids is 1. The number of fused-ring (bicyclic) bond motifs is 1. The molecule has 2 fully saturated rings. The van der Waals surface area contributed by atoms with E-state index in [0.29, 0.717) is 65.1 Å². The summed E-state index contributed by atoms with van der Waals surface area (Å²) in [6, 6.07) is 3.29. The van der Waals surface area contributed by atoms with Gasteiger partial charge in [0.25, 0.3) is 0 Å². The molecular formula is C22H24FN5O3S. The van der Waals surface area contributed by atoms with Crippen molar-refractivity contribution in [2.24, 2.45) is 5.92 Å². The highest BCUT2D eigenvalue weighted by atomic mass is 32.1. The number of carbonyl (C=O) groups is 1. The van der Waals surface area contributed by atoms with Crippen molar-refractivity contribution in [1.82, 2.24) is 15.0 Å². The Bertz CT molecular complexity index is 1130. The lowest BCUT2D eigenvalue weighted by Gasteiger charge is -2.33. The van der Waals surface area contributed by atoms with Crippen LogP contribution in [0.1, 0.15) is 27.5 Å². The maximum atomic E-state index is 15.1. The number of morpholine rings is 1. The van der Waals surface area contributed by atoms with E-state index >= 15 is 4.39 Å². The van der Waals surface area contributed by atoms with E-state index < -0.39 is 0 Å². The number of piperidine rings is 1.